The molecule has 0 aliphatic carbocycles. The Morgan fingerprint density at radius 2 is 1.76 bits per heavy atom. The molecule has 1 atom stereocenters. The third kappa shape index (κ3) is 2.74. The highest BCUT2D eigenvalue weighted by Gasteiger charge is 2.22. The number of nitrogens with one attached hydrogen (secondary N) is 1. The van der Waals surface area contributed by atoms with Crippen molar-refractivity contribution >= 4 is 27.5 Å². The molecule has 0 aromatic carbocycles. The van der Waals surface area contributed by atoms with Crippen LogP contribution in [0.5, 0.6) is 0 Å². The van der Waals surface area contributed by atoms with Gasteiger partial charge in [-0.2, -0.15) is 10.2 Å². The number of aryl methyl sites for hydroxylation is 3. The molecule has 21 heavy (non-hydrogen) atoms. The van der Waals surface area contributed by atoms with Crippen LogP contribution in [0.1, 0.15) is 35.7 Å². The summed E-state index contributed by atoms with van der Waals surface area (Å²) >= 11 is 3.48. The summed E-state index contributed by atoms with van der Waals surface area (Å²) in [6.07, 6.45) is 0. The van der Waals surface area contributed by atoms with Crippen LogP contribution in [0.25, 0.3) is 0 Å². The SMILES string of the molecule is Cc1nn(C(C)C(=O)Nc2c(C)nn(C)c2C)c(C)c1Br. The smallest absolute Gasteiger partial charge is 0.249 e. The molecule has 0 bridgehead atoms. The number of carbonyl (C=O) groups excluding carboxylic acids is 1. The van der Waals surface area contributed by atoms with Crippen LogP contribution in [-0.4, -0.2) is 25.5 Å². The minimum atomic E-state index is -0.394. The van der Waals surface area contributed by atoms with Gasteiger partial charge < -0.3 is 5.32 Å². The summed E-state index contributed by atoms with van der Waals surface area (Å²) in [7, 11) is 1.86. The van der Waals surface area contributed by atoms with E-state index in [1.807, 2.05) is 41.7 Å². The molecule has 6 nitrogen and oxygen atoms in total. The lowest BCUT2D eigenvalue weighted by molar-refractivity contribution is -0.119. The van der Waals surface area contributed by atoms with E-state index in [0.717, 1.165) is 32.9 Å². The van der Waals surface area contributed by atoms with Gasteiger partial charge in [-0.25, -0.2) is 0 Å². The normalized spacial score (nSPS) is 12.5. The Morgan fingerprint density at radius 3 is 2.19 bits per heavy atom. The Labute approximate surface area is 132 Å². The number of hydrogen-bond donors (Lipinski definition) is 1. The molecule has 0 saturated heterocycles. The largest absolute Gasteiger partial charge is 0.321 e. The number of anilines is 1. The zero-order chi connectivity index (χ0) is 15.9. The summed E-state index contributed by atoms with van der Waals surface area (Å²) in [5.74, 6) is -0.104. The van der Waals surface area contributed by atoms with E-state index in [-0.39, 0.29) is 5.91 Å². The molecule has 2 aromatic rings. The van der Waals surface area contributed by atoms with Gasteiger partial charge in [-0.1, -0.05) is 0 Å². The van der Waals surface area contributed by atoms with Gasteiger partial charge in [0, 0.05) is 7.05 Å². The number of hydrogen-bond acceptors (Lipinski definition) is 3. The van der Waals surface area contributed by atoms with E-state index in [1.165, 1.54) is 0 Å². The van der Waals surface area contributed by atoms with E-state index < -0.39 is 6.04 Å². The molecular weight excluding hydrogens is 334 g/mol. The Balaban J connectivity index is 2.26. The topological polar surface area (TPSA) is 64.7 Å². The zero-order valence-corrected chi connectivity index (χ0v) is 14.7. The number of carbonyl (C=O) groups is 1. The van der Waals surface area contributed by atoms with Gasteiger partial charge in [0.15, 0.2) is 0 Å². The molecule has 2 heterocycles. The number of halogens is 1. The summed E-state index contributed by atoms with van der Waals surface area (Å²) in [4.78, 5) is 12.5. The van der Waals surface area contributed by atoms with E-state index in [0.29, 0.717) is 0 Å². The van der Waals surface area contributed by atoms with Crippen LogP contribution in [0.3, 0.4) is 0 Å². The first-order valence-corrected chi connectivity index (χ1v) is 7.55. The third-order valence-corrected chi connectivity index (χ3v) is 4.89. The van der Waals surface area contributed by atoms with Crippen molar-refractivity contribution in [3.8, 4) is 0 Å². The van der Waals surface area contributed by atoms with Crippen LogP contribution in [0, 0.1) is 27.7 Å². The van der Waals surface area contributed by atoms with Gasteiger partial charge in [-0.05, 0) is 50.5 Å². The second-order valence-electron chi connectivity index (χ2n) is 5.26. The lowest BCUT2D eigenvalue weighted by Gasteiger charge is -2.14. The zero-order valence-electron chi connectivity index (χ0n) is 13.2. The summed E-state index contributed by atoms with van der Waals surface area (Å²) in [5, 5.41) is 11.7. The van der Waals surface area contributed by atoms with E-state index in [1.54, 1.807) is 9.36 Å². The van der Waals surface area contributed by atoms with E-state index in [4.69, 9.17) is 0 Å². The molecule has 2 aromatic heterocycles. The van der Waals surface area contributed by atoms with Crippen molar-refractivity contribution in [2.75, 3.05) is 5.32 Å². The first-order chi connectivity index (χ1) is 9.73. The van der Waals surface area contributed by atoms with Crippen molar-refractivity contribution < 1.29 is 4.79 Å². The number of rotatable bonds is 3. The fourth-order valence-electron chi connectivity index (χ4n) is 2.31. The Bertz CT molecular complexity index is 701. The molecule has 1 unspecified atom stereocenters. The predicted molar refractivity (Wildman–Crippen MR) is 85.4 cm³/mol. The van der Waals surface area contributed by atoms with Crippen LogP contribution < -0.4 is 5.32 Å². The summed E-state index contributed by atoms with van der Waals surface area (Å²) < 4.78 is 4.43. The minimum absolute atomic E-state index is 0.104. The van der Waals surface area contributed by atoms with Gasteiger partial charge in [-0.15, -0.1) is 0 Å². The van der Waals surface area contributed by atoms with Gasteiger partial charge in [0.25, 0.3) is 0 Å². The van der Waals surface area contributed by atoms with Crippen molar-refractivity contribution in [2.45, 2.75) is 40.7 Å². The maximum atomic E-state index is 12.5. The van der Waals surface area contributed by atoms with E-state index in [2.05, 4.69) is 31.4 Å². The molecule has 0 spiro atoms. The summed E-state index contributed by atoms with van der Waals surface area (Å²) in [6, 6.07) is -0.394. The van der Waals surface area contributed by atoms with Gasteiger partial charge in [0.1, 0.15) is 6.04 Å². The highest BCUT2D eigenvalue weighted by molar-refractivity contribution is 9.10. The number of nitrogens with zero attached hydrogens (tertiary/aromatic N) is 4. The molecular formula is C14H20BrN5O. The molecule has 0 aliphatic heterocycles. The van der Waals surface area contributed by atoms with Gasteiger partial charge in [0.2, 0.25) is 5.91 Å². The average molecular weight is 354 g/mol. The van der Waals surface area contributed by atoms with Crippen molar-refractivity contribution in [3.63, 3.8) is 0 Å². The third-order valence-electron chi connectivity index (χ3n) is 3.74. The van der Waals surface area contributed by atoms with Crippen molar-refractivity contribution in [1.29, 1.82) is 0 Å². The molecule has 7 heteroatoms. The Morgan fingerprint density at radius 1 is 1.14 bits per heavy atom. The van der Waals surface area contributed by atoms with Crippen molar-refractivity contribution in [2.24, 2.45) is 7.05 Å². The summed E-state index contributed by atoms with van der Waals surface area (Å²) in [5.41, 5.74) is 4.33. The molecule has 0 radical (unpaired) electrons. The number of aromatic nitrogens is 4. The van der Waals surface area contributed by atoms with Crippen LogP contribution in [-0.2, 0) is 11.8 Å². The van der Waals surface area contributed by atoms with Crippen LogP contribution in [0.15, 0.2) is 4.47 Å². The number of amides is 1. The first-order valence-electron chi connectivity index (χ1n) is 6.76. The second-order valence-corrected chi connectivity index (χ2v) is 6.06. The summed E-state index contributed by atoms with van der Waals surface area (Å²) in [6.45, 7) is 9.50. The molecule has 0 saturated carbocycles. The van der Waals surface area contributed by atoms with Gasteiger partial charge in [0.05, 0.1) is 32.9 Å². The standard InChI is InChI=1S/C14H20BrN5O/c1-7-12(15)9(3)20(18-7)11(5)14(21)16-13-8(2)17-19(6)10(13)4/h11H,1-6H3,(H,16,21). The fraction of sp³-hybridized carbons (Fsp3) is 0.500. The minimum Gasteiger partial charge on any atom is -0.321 e. The second kappa shape index (κ2) is 5.63. The van der Waals surface area contributed by atoms with Crippen molar-refractivity contribution in [3.05, 3.63) is 27.2 Å². The molecule has 0 aliphatic rings. The van der Waals surface area contributed by atoms with E-state index in [9.17, 15) is 4.79 Å². The molecule has 114 valence electrons. The maximum Gasteiger partial charge on any atom is 0.249 e. The monoisotopic (exact) mass is 353 g/mol. The maximum absolute atomic E-state index is 12.5. The molecule has 1 N–H and O–H groups in total. The first kappa shape index (κ1) is 15.8. The predicted octanol–water partition coefficient (Wildman–Crippen LogP) is 2.81. The van der Waals surface area contributed by atoms with Crippen LogP contribution in [0.4, 0.5) is 5.69 Å². The Hall–Kier alpha value is -1.63. The van der Waals surface area contributed by atoms with Crippen LogP contribution >= 0.6 is 15.9 Å². The highest BCUT2D eigenvalue weighted by atomic mass is 79.9. The molecule has 0 fully saturated rings. The average Bonchev–Trinajstić information content (AvgIpc) is 2.82. The Kier molecular flexibility index (Phi) is 4.22. The van der Waals surface area contributed by atoms with Gasteiger partial charge in [-0.3, -0.25) is 14.2 Å². The molecule has 1 amide bonds. The molecule has 2 rings (SSSR count). The van der Waals surface area contributed by atoms with Crippen molar-refractivity contribution in [1.82, 2.24) is 19.6 Å². The lowest BCUT2D eigenvalue weighted by Crippen LogP contribution is -2.25. The fourth-order valence-corrected chi connectivity index (χ4v) is 2.57. The van der Waals surface area contributed by atoms with Gasteiger partial charge >= 0.3 is 0 Å². The van der Waals surface area contributed by atoms with Crippen LogP contribution in [0.2, 0.25) is 0 Å². The van der Waals surface area contributed by atoms with E-state index >= 15 is 0 Å². The highest BCUT2D eigenvalue weighted by Crippen LogP contribution is 2.24. The quantitative estimate of drug-likeness (QED) is 0.922. The lowest BCUT2D eigenvalue weighted by atomic mass is 10.2.